The zero-order valence-corrected chi connectivity index (χ0v) is 15.5. The maximum atomic E-state index is 13.6. The van der Waals surface area contributed by atoms with Crippen molar-refractivity contribution in [3.05, 3.63) is 57.5 Å². The van der Waals surface area contributed by atoms with E-state index in [2.05, 4.69) is 5.10 Å². The van der Waals surface area contributed by atoms with Gasteiger partial charge in [0, 0.05) is 6.07 Å². The van der Waals surface area contributed by atoms with E-state index in [1.54, 1.807) is 31.2 Å². The number of halogens is 3. The molecular weight excluding hydrogens is 375 g/mol. The molecule has 2 aromatic heterocycles. The molecule has 3 rings (SSSR count). The molecule has 0 saturated heterocycles. The molecule has 0 bridgehead atoms. The number of alkyl halides is 3. The third-order valence-electron chi connectivity index (χ3n) is 4.27. The Hall–Kier alpha value is -3.10. The summed E-state index contributed by atoms with van der Waals surface area (Å²) in [4.78, 5) is 24.5. The zero-order valence-electron chi connectivity index (χ0n) is 15.5. The smallest absolute Gasteiger partial charge is 0.417 e. The molecule has 0 fully saturated rings. The van der Waals surface area contributed by atoms with Crippen molar-refractivity contribution >= 4 is 17.0 Å². The zero-order chi connectivity index (χ0) is 20.6. The predicted molar refractivity (Wildman–Crippen MR) is 96.4 cm³/mol. The number of pyridine rings is 1. The number of ether oxygens (including phenoxy) is 1. The molecule has 0 radical (unpaired) electrons. The van der Waals surface area contributed by atoms with Gasteiger partial charge in [-0.05, 0) is 32.9 Å². The molecule has 0 aliphatic carbocycles. The third kappa shape index (κ3) is 3.51. The van der Waals surface area contributed by atoms with Crippen molar-refractivity contribution in [2.24, 2.45) is 0 Å². The molecule has 0 N–H and O–H groups in total. The van der Waals surface area contributed by atoms with Crippen molar-refractivity contribution in [3.8, 4) is 5.69 Å². The van der Waals surface area contributed by atoms with Gasteiger partial charge < -0.3 is 4.74 Å². The van der Waals surface area contributed by atoms with Gasteiger partial charge in [0.15, 0.2) is 0 Å². The molecule has 1 aromatic carbocycles. The number of benzene rings is 1. The van der Waals surface area contributed by atoms with Crippen LogP contribution >= 0.6 is 0 Å². The van der Waals surface area contributed by atoms with E-state index in [-0.39, 0.29) is 23.3 Å². The first-order valence-electron chi connectivity index (χ1n) is 8.56. The Bertz CT molecular complexity index is 1100. The summed E-state index contributed by atoms with van der Waals surface area (Å²) in [6, 6.07) is 7.41. The van der Waals surface area contributed by atoms with Crippen LogP contribution < -0.4 is 5.56 Å². The standard InChI is InChI=1S/C19H18F3N3O3/c1-4-28-16(27)10-24-15(26)9-14(19(20,21)22)17-12(3)23-25(18(17)24)13-7-5-11(2)6-8-13/h5-9H,4,10H2,1-3H3. The highest BCUT2D eigenvalue weighted by atomic mass is 19.4. The highest BCUT2D eigenvalue weighted by Crippen LogP contribution is 2.36. The van der Waals surface area contributed by atoms with Crippen LogP contribution in [0.25, 0.3) is 16.7 Å². The fourth-order valence-corrected chi connectivity index (χ4v) is 3.04. The van der Waals surface area contributed by atoms with Crippen LogP contribution in [0.2, 0.25) is 0 Å². The Labute approximate surface area is 158 Å². The third-order valence-corrected chi connectivity index (χ3v) is 4.27. The van der Waals surface area contributed by atoms with Gasteiger partial charge in [-0.1, -0.05) is 17.7 Å². The van der Waals surface area contributed by atoms with Crippen molar-refractivity contribution in [2.45, 2.75) is 33.5 Å². The molecule has 0 aliphatic rings. The van der Waals surface area contributed by atoms with Crippen molar-refractivity contribution in [1.29, 1.82) is 0 Å². The van der Waals surface area contributed by atoms with E-state index < -0.39 is 29.8 Å². The predicted octanol–water partition coefficient (Wildman–Crippen LogP) is 3.39. The number of fused-ring (bicyclic) bond motifs is 1. The van der Waals surface area contributed by atoms with Crippen LogP contribution in [-0.4, -0.2) is 26.9 Å². The van der Waals surface area contributed by atoms with E-state index >= 15 is 0 Å². The van der Waals surface area contributed by atoms with Gasteiger partial charge in [-0.15, -0.1) is 0 Å². The molecular formula is C19H18F3N3O3. The first-order valence-corrected chi connectivity index (χ1v) is 8.56. The molecule has 0 aliphatic heterocycles. The van der Waals surface area contributed by atoms with Gasteiger partial charge in [0.1, 0.15) is 12.2 Å². The molecule has 0 spiro atoms. The average molecular weight is 393 g/mol. The molecule has 9 heteroatoms. The van der Waals surface area contributed by atoms with Crippen LogP contribution in [0.1, 0.15) is 23.7 Å². The highest BCUT2D eigenvalue weighted by Gasteiger charge is 2.36. The minimum absolute atomic E-state index is 0.0909. The number of hydrogen-bond acceptors (Lipinski definition) is 4. The molecule has 0 atom stereocenters. The van der Waals surface area contributed by atoms with Crippen molar-refractivity contribution in [2.75, 3.05) is 6.61 Å². The minimum Gasteiger partial charge on any atom is -0.465 e. The number of hydrogen-bond donors (Lipinski definition) is 0. The molecule has 2 heterocycles. The lowest BCUT2D eigenvalue weighted by Crippen LogP contribution is -2.28. The second-order valence-electron chi connectivity index (χ2n) is 6.32. The van der Waals surface area contributed by atoms with E-state index in [1.807, 2.05) is 6.92 Å². The summed E-state index contributed by atoms with van der Waals surface area (Å²) in [5, 5.41) is 4.00. The Kier molecular flexibility index (Phi) is 5.01. The summed E-state index contributed by atoms with van der Waals surface area (Å²) in [5.74, 6) is -0.722. The van der Waals surface area contributed by atoms with Crippen molar-refractivity contribution < 1.29 is 22.7 Å². The van der Waals surface area contributed by atoms with E-state index in [0.29, 0.717) is 11.8 Å². The maximum Gasteiger partial charge on any atom is 0.417 e. The number of carbonyl (C=O) groups is 1. The topological polar surface area (TPSA) is 66.1 Å². The van der Waals surface area contributed by atoms with Crippen LogP contribution in [0.15, 0.2) is 35.1 Å². The van der Waals surface area contributed by atoms with E-state index in [1.165, 1.54) is 11.6 Å². The van der Waals surface area contributed by atoms with E-state index in [9.17, 15) is 22.8 Å². The van der Waals surface area contributed by atoms with Crippen LogP contribution in [0.4, 0.5) is 13.2 Å². The quantitative estimate of drug-likeness (QED) is 0.638. The van der Waals surface area contributed by atoms with E-state index in [4.69, 9.17) is 4.74 Å². The lowest BCUT2D eigenvalue weighted by Gasteiger charge is -2.14. The van der Waals surface area contributed by atoms with Crippen LogP contribution in [0.5, 0.6) is 0 Å². The summed E-state index contributed by atoms with van der Waals surface area (Å²) in [6.07, 6.45) is -4.74. The molecule has 3 aromatic rings. The number of aryl methyl sites for hydroxylation is 2. The fraction of sp³-hybridized carbons (Fsp3) is 0.316. The molecule has 6 nitrogen and oxygen atoms in total. The van der Waals surface area contributed by atoms with Gasteiger partial charge in [-0.25, -0.2) is 4.68 Å². The summed E-state index contributed by atoms with van der Waals surface area (Å²) in [5.41, 5.74) is -0.615. The SMILES string of the molecule is CCOC(=O)Cn1c(=O)cc(C(F)(F)F)c2c(C)nn(-c3ccc(C)cc3)c21. The van der Waals surface area contributed by atoms with Gasteiger partial charge in [-0.2, -0.15) is 18.3 Å². The van der Waals surface area contributed by atoms with Gasteiger partial charge >= 0.3 is 12.1 Å². The summed E-state index contributed by atoms with van der Waals surface area (Å²) < 4.78 is 47.8. The van der Waals surface area contributed by atoms with Crippen LogP contribution in [0, 0.1) is 13.8 Å². The summed E-state index contributed by atoms with van der Waals surface area (Å²) in [7, 11) is 0. The molecule has 148 valence electrons. The molecule has 0 saturated carbocycles. The van der Waals surface area contributed by atoms with Gasteiger partial charge in [0.25, 0.3) is 5.56 Å². The average Bonchev–Trinajstić information content (AvgIpc) is 2.94. The number of rotatable bonds is 4. The van der Waals surface area contributed by atoms with Gasteiger partial charge in [-0.3, -0.25) is 14.2 Å². The summed E-state index contributed by atoms with van der Waals surface area (Å²) in [6.45, 7) is 4.48. The fourth-order valence-electron chi connectivity index (χ4n) is 3.04. The van der Waals surface area contributed by atoms with Crippen LogP contribution in [0.3, 0.4) is 0 Å². The number of nitrogens with zero attached hydrogens (tertiary/aromatic N) is 3. The minimum atomic E-state index is -4.74. The van der Waals surface area contributed by atoms with E-state index in [0.717, 1.165) is 10.1 Å². The highest BCUT2D eigenvalue weighted by molar-refractivity contribution is 5.85. The first kappa shape index (κ1) is 19.7. The van der Waals surface area contributed by atoms with Gasteiger partial charge in [0.2, 0.25) is 0 Å². The second-order valence-corrected chi connectivity index (χ2v) is 6.32. The Morgan fingerprint density at radius 2 is 1.82 bits per heavy atom. The Morgan fingerprint density at radius 1 is 1.18 bits per heavy atom. The summed E-state index contributed by atoms with van der Waals surface area (Å²) >= 11 is 0. The lowest BCUT2D eigenvalue weighted by molar-refractivity contribution is -0.143. The first-order chi connectivity index (χ1) is 13.1. The van der Waals surface area contributed by atoms with Crippen LogP contribution in [-0.2, 0) is 22.3 Å². The molecule has 0 amide bonds. The largest absolute Gasteiger partial charge is 0.465 e. The normalized spacial score (nSPS) is 11.8. The maximum absolute atomic E-state index is 13.6. The number of esters is 1. The lowest BCUT2D eigenvalue weighted by atomic mass is 10.1. The second kappa shape index (κ2) is 7.14. The van der Waals surface area contributed by atoms with Crippen molar-refractivity contribution in [1.82, 2.24) is 14.3 Å². The van der Waals surface area contributed by atoms with Crippen molar-refractivity contribution in [3.63, 3.8) is 0 Å². The Morgan fingerprint density at radius 3 is 2.39 bits per heavy atom. The molecule has 0 unspecified atom stereocenters. The number of aromatic nitrogens is 3. The van der Waals surface area contributed by atoms with Gasteiger partial charge in [0.05, 0.1) is 28.9 Å². The monoisotopic (exact) mass is 393 g/mol. The Balaban J connectivity index is 2.38. The number of carbonyl (C=O) groups excluding carboxylic acids is 1. The molecule has 28 heavy (non-hydrogen) atoms.